The topological polar surface area (TPSA) is 12.5 Å². The molecule has 94 valence electrons. The summed E-state index contributed by atoms with van der Waals surface area (Å²) in [7, 11) is 0. The van der Waals surface area contributed by atoms with E-state index in [-0.39, 0.29) is 0 Å². The number of hydrogen-bond donors (Lipinski definition) is 0. The van der Waals surface area contributed by atoms with Crippen LogP contribution in [0.5, 0.6) is 0 Å². The van der Waals surface area contributed by atoms with Crippen LogP contribution in [-0.4, -0.2) is 37.2 Å². The van der Waals surface area contributed by atoms with Crippen molar-refractivity contribution in [3.8, 4) is 0 Å². The zero-order valence-corrected chi connectivity index (χ0v) is 11.0. The highest BCUT2D eigenvalue weighted by atomic mass is 16.5. The van der Waals surface area contributed by atoms with Crippen LogP contribution in [0.4, 0.5) is 0 Å². The average molecular weight is 225 g/mol. The Hall–Kier alpha value is -0.0800. The van der Waals surface area contributed by atoms with Gasteiger partial charge in [0.05, 0.1) is 13.2 Å². The van der Waals surface area contributed by atoms with E-state index in [2.05, 4.69) is 18.7 Å². The summed E-state index contributed by atoms with van der Waals surface area (Å²) in [5.41, 5.74) is 0.594. The number of unbranched alkanes of at least 4 members (excludes halogenated alkanes) is 3. The van der Waals surface area contributed by atoms with E-state index in [1.165, 1.54) is 51.6 Å². The maximum Gasteiger partial charge on any atom is 0.0569 e. The summed E-state index contributed by atoms with van der Waals surface area (Å²) < 4.78 is 5.33. The third-order valence-electron chi connectivity index (χ3n) is 4.27. The third-order valence-corrected chi connectivity index (χ3v) is 4.27. The molecule has 2 aliphatic heterocycles. The second kappa shape index (κ2) is 5.50. The van der Waals surface area contributed by atoms with Gasteiger partial charge in [0.15, 0.2) is 0 Å². The van der Waals surface area contributed by atoms with E-state index in [0.29, 0.717) is 5.41 Å². The first kappa shape index (κ1) is 12.4. The Balaban J connectivity index is 1.62. The van der Waals surface area contributed by atoms with Crippen LogP contribution in [-0.2, 0) is 4.74 Å². The van der Waals surface area contributed by atoms with Crippen LogP contribution < -0.4 is 0 Å². The lowest BCUT2D eigenvalue weighted by Gasteiger charge is -2.57. The third kappa shape index (κ3) is 2.60. The van der Waals surface area contributed by atoms with Crippen LogP contribution in [0.2, 0.25) is 0 Å². The molecule has 0 aromatic heterocycles. The van der Waals surface area contributed by atoms with Crippen LogP contribution in [0.1, 0.15) is 52.4 Å². The molecule has 2 aliphatic rings. The van der Waals surface area contributed by atoms with Crippen molar-refractivity contribution >= 4 is 0 Å². The van der Waals surface area contributed by atoms with Crippen LogP contribution in [0.15, 0.2) is 0 Å². The van der Waals surface area contributed by atoms with Crippen molar-refractivity contribution in [2.45, 2.75) is 58.4 Å². The van der Waals surface area contributed by atoms with E-state index < -0.39 is 0 Å². The highest BCUT2D eigenvalue weighted by molar-refractivity contribution is 5.01. The van der Waals surface area contributed by atoms with E-state index in [1.807, 2.05) is 0 Å². The Labute approximate surface area is 100 Å². The van der Waals surface area contributed by atoms with Gasteiger partial charge in [0.2, 0.25) is 0 Å². The average Bonchev–Trinajstić information content (AvgIpc) is 2.17. The largest absolute Gasteiger partial charge is 0.380 e. The Morgan fingerprint density at radius 1 is 1.12 bits per heavy atom. The Morgan fingerprint density at radius 3 is 2.38 bits per heavy atom. The molecule has 0 bridgehead atoms. The van der Waals surface area contributed by atoms with Gasteiger partial charge in [-0.25, -0.2) is 0 Å². The molecule has 1 atom stereocenters. The number of hydrogen-bond acceptors (Lipinski definition) is 2. The first-order valence-electron chi connectivity index (χ1n) is 7.11. The molecular weight excluding hydrogens is 198 g/mol. The van der Waals surface area contributed by atoms with E-state index in [4.69, 9.17) is 4.74 Å². The van der Waals surface area contributed by atoms with Gasteiger partial charge in [-0.15, -0.1) is 0 Å². The van der Waals surface area contributed by atoms with Gasteiger partial charge in [-0.3, -0.25) is 4.90 Å². The molecule has 1 spiro atoms. The standard InChI is InChI=1S/C14H27NO/c1-3-5-6-7-8-13(4-2)15-9-14(10-15)11-16-12-14/h13H,3-12H2,1-2H3. The maximum absolute atomic E-state index is 5.33. The van der Waals surface area contributed by atoms with Crippen molar-refractivity contribution in [2.75, 3.05) is 26.3 Å². The zero-order chi connectivity index (χ0) is 11.4. The quantitative estimate of drug-likeness (QED) is 0.617. The van der Waals surface area contributed by atoms with Gasteiger partial charge in [-0.2, -0.15) is 0 Å². The predicted octanol–water partition coefficient (Wildman–Crippen LogP) is 3.07. The minimum atomic E-state index is 0.594. The van der Waals surface area contributed by atoms with E-state index in [9.17, 15) is 0 Å². The highest BCUT2D eigenvalue weighted by Gasteiger charge is 2.50. The molecule has 2 heterocycles. The second-order valence-corrected chi connectivity index (χ2v) is 5.81. The molecule has 0 aromatic carbocycles. The summed E-state index contributed by atoms with van der Waals surface area (Å²) in [4.78, 5) is 2.69. The first-order chi connectivity index (χ1) is 7.79. The molecule has 0 N–H and O–H groups in total. The van der Waals surface area contributed by atoms with E-state index >= 15 is 0 Å². The Bertz CT molecular complexity index is 205. The maximum atomic E-state index is 5.33. The summed E-state index contributed by atoms with van der Waals surface area (Å²) in [6.07, 6.45) is 8.34. The van der Waals surface area contributed by atoms with Crippen molar-refractivity contribution in [3.63, 3.8) is 0 Å². The molecule has 2 heteroatoms. The summed E-state index contributed by atoms with van der Waals surface area (Å²) in [6, 6.07) is 0.850. The summed E-state index contributed by atoms with van der Waals surface area (Å²) in [5.74, 6) is 0. The van der Waals surface area contributed by atoms with Crippen LogP contribution in [0, 0.1) is 5.41 Å². The molecule has 0 amide bonds. The van der Waals surface area contributed by atoms with Gasteiger partial charge in [-0.1, -0.05) is 39.5 Å². The summed E-state index contributed by atoms with van der Waals surface area (Å²) in [6.45, 7) is 9.28. The van der Waals surface area contributed by atoms with Gasteiger partial charge in [0.25, 0.3) is 0 Å². The lowest BCUT2D eigenvalue weighted by Crippen LogP contribution is -2.67. The molecule has 0 aliphatic carbocycles. The minimum Gasteiger partial charge on any atom is -0.380 e. The van der Waals surface area contributed by atoms with Gasteiger partial charge in [0.1, 0.15) is 0 Å². The molecule has 1 unspecified atom stereocenters. The predicted molar refractivity (Wildman–Crippen MR) is 67.7 cm³/mol. The molecule has 0 radical (unpaired) electrons. The zero-order valence-electron chi connectivity index (χ0n) is 11.0. The van der Waals surface area contributed by atoms with E-state index in [1.54, 1.807) is 0 Å². The van der Waals surface area contributed by atoms with Crippen LogP contribution in [0.3, 0.4) is 0 Å². The van der Waals surface area contributed by atoms with Crippen LogP contribution in [0.25, 0.3) is 0 Å². The van der Waals surface area contributed by atoms with Gasteiger partial charge < -0.3 is 4.74 Å². The van der Waals surface area contributed by atoms with Crippen molar-refractivity contribution in [1.29, 1.82) is 0 Å². The molecule has 0 saturated carbocycles. The van der Waals surface area contributed by atoms with Crippen molar-refractivity contribution in [2.24, 2.45) is 5.41 Å². The van der Waals surface area contributed by atoms with Gasteiger partial charge in [-0.05, 0) is 12.8 Å². The molecule has 0 aromatic rings. The molecule has 2 nitrogen and oxygen atoms in total. The lowest BCUT2D eigenvalue weighted by molar-refractivity contribution is -0.199. The summed E-state index contributed by atoms with van der Waals surface area (Å²) >= 11 is 0. The summed E-state index contributed by atoms with van der Waals surface area (Å²) in [5, 5.41) is 0. The fourth-order valence-electron chi connectivity index (χ4n) is 3.10. The monoisotopic (exact) mass is 225 g/mol. The smallest absolute Gasteiger partial charge is 0.0569 e. The molecule has 2 fully saturated rings. The fourth-order valence-corrected chi connectivity index (χ4v) is 3.10. The van der Waals surface area contributed by atoms with E-state index in [0.717, 1.165) is 19.3 Å². The molecule has 16 heavy (non-hydrogen) atoms. The number of nitrogens with zero attached hydrogens (tertiary/aromatic N) is 1. The molecule has 2 rings (SSSR count). The lowest BCUT2D eigenvalue weighted by atomic mass is 9.76. The highest BCUT2D eigenvalue weighted by Crippen LogP contribution is 2.39. The minimum absolute atomic E-state index is 0.594. The second-order valence-electron chi connectivity index (χ2n) is 5.81. The SMILES string of the molecule is CCCCCCC(CC)N1CC2(COC2)C1. The van der Waals surface area contributed by atoms with Crippen LogP contribution >= 0.6 is 0 Å². The first-order valence-corrected chi connectivity index (χ1v) is 7.11. The van der Waals surface area contributed by atoms with Gasteiger partial charge >= 0.3 is 0 Å². The molecular formula is C14H27NO. The van der Waals surface area contributed by atoms with Crippen molar-refractivity contribution in [1.82, 2.24) is 4.90 Å². The Kier molecular flexibility index (Phi) is 4.26. The fraction of sp³-hybridized carbons (Fsp3) is 1.00. The molecule has 2 saturated heterocycles. The van der Waals surface area contributed by atoms with Gasteiger partial charge in [0, 0.05) is 24.5 Å². The number of rotatable bonds is 7. The van der Waals surface area contributed by atoms with Crippen molar-refractivity contribution < 1.29 is 4.74 Å². The normalized spacial score (nSPS) is 25.1. The van der Waals surface area contributed by atoms with Crippen molar-refractivity contribution in [3.05, 3.63) is 0 Å². The number of ether oxygens (including phenoxy) is 1. The number of likely N-dealkylation sites (tertiary alicyclic amines) is 1. The Morgan fingerprint density at radius 2 is 1.88 bits per heavy atom.